The lowest BCUT2D eigenvalue weighted by atomic mass is 10.2. The smallest absolute Gasteiger partial charge is 0.337 e. The number of hydrogen-bond acceptors (Lipinski definition) is 6. The Labute approximate surface area is 151 Å². The van der Waals surface area contributed by atoms with Crippen molar-refractivity contribution < 1.29 is 14.6 Å². The number of aromatic carboxylic acids is 1. The summed E-state index contributed by atoms with van der Waals surface area (Å²) < 4.78 is 5.42. The number of fused-ring (bicyclic) bond motifs is 1. The van der Waals surface area contributed by atoms with Crippen molar-refractivity contribution in [2.75, 3.05) is 31.2 Å². The van der Waals surface area contributed by atoms with Crippen molar-refractivity contribution in [3.8, 4) is 0 Å². The largest absolute Gasteiger partial charge is 0.478 e. The standard InChI is InChI=1S/C19H20N4O3/c1-3-5-6-13(4-2)17-21-15-11-14(19(24)25)12-20-16(15)18(22-17)23-7-9-26-10-8-23/h3-6,11-12H,1,7-10H2,2H3,(H,24,25)/b6-5-,13-4+. The summed E-state index contributed by atoms with van der Waals surface area (Å²) in [5.41, 5.74) is 2.01. The van der Waals surface area contributed by atoms with Gasteiger partial charge in [-0.3, -0.25) is 0 Å². The van der Waals surface area contributed by atoms with Crippen LogP contribution in [-0.4, -0.2) is 52.3 Å². The molecule has 26 heavy (non-hydrogen) atoms. The molecule has 1 N–H and O–H groups in total. The number of carboxylic acid groups (broad SMARTS) is 1. The SMILES string of the molecule is C=C/C=C\C(=C/C)c1nc(N2CCOCC2)c2ncc(C(=O)O)cc2n1. The summed E-state index contributed by atoms with van der Waals surface area (Å²) in [4.78, 5) is 27.0. The molecule has 2 aromatic rings. The molecule has 3 rings (SSSR count). The van der Waals surface area contributed by atoms with Crippen LogP contribution in [0.5, 0.6) is 0 Å². The number of anilines is 1. The van der Waals surface area contributed by atoms with Gasteiger partial charge in [-0.05, 0) is 13.0 Å². The number of ether oxygens (including phenoxy) is 1. The summed E-state index contributed by atoms with van der Waals surface area (Å²) in [6.45, 7) is 8.20. The average Bonchev–Trinajstić information content (AvgIpc) is 2.68. The highest BCUT2D eigenvalue weighted by atomic mass is 16.5. The molecule has 134 valence electrons. The number of aromatic nitrogens is 3. The molecule has 0 unspecified atom stereocenters. The minimum Gasteiger partial charge on any atom is -0.478 e. The van der Waals surface area contributed by atoms with E-state index in [9.17, 15) is 9.90 Å². The summed E-state index contributed by atoms with van der Waals surface area (Å²) in [6, 6.07) is 1.53. The van der Waals surface area contributed by atoms with Gasteiger partial charge in [-0.15, -0.1) is 0 Å². The summed E-state index contributed by atoms with van der Waals surface area (Å²) in [5, 5.41) is 9.26. The van der Waals surface area contributed by atoms with Crippen molar-refractivity contribution in [3.63, 3.8) is 0 Å². The third-order valence-corrected chi connectivity index (χ3v) is 4.06. The van der Waals surface area contributed by atoms with Gasteiger partial charge in [-0.2, -0.15) is 0 Å². The number of rotatable bonds is 5. The molecule has 0 amide bonds. The van der Waals surface area contributed by atoms with Crippen LogP contribution in [0.3, 0.4) is 0 Å². The molecule has 0 aliphatic carbocycles. The molecular formula is C19H20N4O3. The quantitative estimate of drug-likeness (QED) is 0.828. The van der Waals surface area contributed by atoms with Gasteiger partial charge < -0.3 is 14.7 Å². The predicted octanol–water partition coefficient (Wildman–Crippen LogP) is 2.71. The Morgan fingerprint density at radius 2 is 2.12 bits per heavy atom. The second-order valence-corrected chi connectivity index (χ2v) is 5.71. The van der Waals surface area contributed by atoms with Crippen molar-refractivity contribution in [1.29, 1.82) is 0 Å². The van der Waals surface area contributed by atoms with Gasteiger partial charge in [0, 0.05) is 24.9 Å². The van der Waals surface area contributed by atoms with E-state index in [1.165, 1.54) is 12.3 Å². The fourth-order valence-electron chi connectivity index (χ4n) is 2.72. The van der Waals surface area contributed by atoms with Gasteiger partial charge in [0.25, 0.3) is 0 Å². The zero-order valence-electron chi connectivity index (χ0n) is 14.6. The van der Waals surface area contributed by atoms with Crippen LogP contribution in [0, 0.1) is 0 Å². The Morgan fingerprint density at radius 3 is 2.77 bits per heavy atom. The maximum Gasteiger partial charge on any atom is 0.337 e. The summed E-state index contributed by atoms with van der Waals surface area (Å²) >= 11 is 0. The average molecular weight is 352 g/mol. The lowest BCUT2D eigenvalue weighted by Crippen LogP contribution is -2.37. The van der Waals surface area contributed by atoms with Gasteiger partial charge in [0.1, 0.15) is 5.52 Å². The highest BCUT2D eigenvalue weighted by Crippen LogP contribution is 2.26. The Morgan fingerprint density at radius 1 is 1.35 bits per heavy atom. The third-order valence-electron chi connectivity index (χ3n) is 4.06. The van der Waals surface area contributed by atoms with Gasteiger partial charge in [0.05, 0.1) is 24.3 Å². The Kier molecular flexibility index (Phi) is 5.38. The lowest BCUT2D eigenvalue weighted by Gasteiger charge is -2.28. The van der Waals surface area contributed by atoms with Gasteiger partial charge in [0.2, 0.25) is 0 Å². The number of carboxylic acids is 1. The molecule has 0 atom stereocenters. The van der Waals surface area contributed by atoms with Crippen molar-refractivity contribution >= 4 is 28.4 Å². The van der Waals surface area contributed by atoms with Crippen LogP contribution in [0.4, 0.5) is 5.82 Å². The first-order valence-electron chi connectivity index (χ1n) is 8.33. The van der Waals surface area contributed by atoms with E-state index in [4.69, 9.17) is 9.72 Å². The molecule has 0 spiro atoms. The monoisotopic (exact) mass is 352 g/mol. The predicted molar refractivity (Wildman–Crippen MR) is 100 cm³/mol. The third kappa shape index (κ3) is 3.62. The summed E-state index contributed by atoms with van der Waals surface area (Å²) in [7, 11) is 0. The molecule has 1 aliphatic rings. The van der Waals surface area contributed by atoms with Crippen molar-refractivity contribution in [2.24, 2.45) is 0 Å². The molecule has 0 bridgehead atoms. The van der Waals surface area contributed by atoms with Crippen LogP contribution < -0.4 is 4.90 Å². The minimum atomic E-state index is -1.04. The highest BCUT2D eigenvalue weighted by molar-refractivity contribution is 5.94. The second-order valence-electron chi connectivity index (χ2n) is 5.71. The molecule has 7 nitrogen and oxygen atoms in total. The topological polar surface area (TPSA) is 88.4 Å². The highest BCUT2D eigenvalue weighted by Gasteiger charge is 2.20. The summed E-state index contributed by atoms with van der Waals surface area (Å²) in [5.74, 6) is 0.172. The van der Waals surface area contributed by atoms with Crippen molar-refractivity contribution in [1.82, 2.24) is 15.0 Å². The second kappa shape index (κ2) is 7.88. The molecule has 0 radical (unpaired) electrons. The van der Waals surface area contributed by atoms with E-state index in [0.29, 0.717) is 49.0 Å². The van der Waals surface area contributed by atoms with E-state index < -0.39 is 5.97 Å². The number of nitrogens with zero attached hydrogens (tertiary/aromatic N) is 4. The lowest BCUT2D eigenvalue weighted by molar-refractivity contribution is 0.0696. The van der Waals surface area contributed by atoms with E-state index in [0.717, 1.165) is 5.57 Å². The van der Waals surface area contributed by atoms with Gasteiger partial charge in [0.15, 0.2) is 11.6 Å². The van der Waals surface area contributed by atoms with Crippen molar-refractivity contribution in [3.05, 3.63) is 54.5 Å². The van der Waals surface area contributed by atoms with E-state index in [-0.39, 0.29) is 5.56 Å². The molecule has 0 saturated carbocycles. The zero-order valence-corrected chi connectivity index (χ0v) is 14.6. The Balaban J connectivity index is 2.20. The number of pyridine rings is 1. The van der Waals surface area contributed by atoms with Gasteiger partial charge >= 0.3 is 5.97 Å². The van der Waals surface area contributed by atoms with E-state index in [2.05, 4.69) is 21.4 Å². The van der Waals surface area contributed by atoms with Crippen LogP contribution >= 0.6 is 0 Å². The molecule has 3 heterocycles. The Hall–Kier alpha value is -3.06. The molecule has 1 aliphatic heterocycles. The molecule has 7 heteroatoms. The van der Waals surface area contributed by atoms with E-state index in [1.807, 2.05) is 25.2 Å². The molecule has 2 aromatic heterocycles. The summed E-state index contributed by atoms with van der Waals surface area (Å²) in [6.07, 6.45) is 8.59. The first-order chi connectivity index (χ1) is 12.6. The van der Waals surface area contributed by atoms with Crippen LogP contribution in [0.15, 0.2) is 43.1 Å². The van der Waals surface area contributed by atoms with Gasteiger partial charge in [-0.25, -0.2) is 19.7 Å². The van der Waals surface area contributed by atoms with Crippen LogP contribution in [0.1, 0.15) is 23.1 Å². The number of morpholine rings is 1. The zero-order chi connectivity index (χ0) is 18.5. The first-order valence-corrected chi connectivity index (χ1v) is 8.33. The van der Waals surface area contributed by atoms with Crippen LogP contribution in [0.2, 0.25) is 0 Å². The molecule has 1 saturated heterocycles. The van der Waals surface area contributed by atoms with Crippen LogP contribution in [0.25, 0.3) is 16.6 Å². The number of allylic oxidation sites excluding steroid dienone is 5. The fraction of sp³-hybridized carbons (Fsp3) is 0.263. The maximum absolute atomic E-state index is 11.3. The fourth-order valence-corrected chi connectivity index (χ4v) is 2.72. The Bertz CT molecular complexity index is 899. The molecular weight excluding hydrogens is 332 g/mol. The van der Waals surface area contributed by atoms with Crippen molar-refractivity contribution in [2.45, 2.75) is 6.92 Å². The number of hydrogen-bond donors (Lipinski definition) is 1. The first kappa shape index (κ1) is 17.8. The van der Waals surface area contributed by atoms with E-state index in [1.54, 1.807) is 6.08 Å². The molecule has 0 aromatic carbocycles. The number of carbonyl (C=O) groups is 1. The minimum absolute atomic E-state index is 0.0961. The van der Waals surface area contributed by atoms with E-state index >= 15 is 0 Å². The maximum atomic E-state index is 11.3. The molecule has 1 fully saturated rings. The van der Waals surface area contributed by atoms with Gasteiger partial charge in [-0.1, -0.05) is 30.9 Å². The normalized spacial score (nSPS) is 15.6. The van der Waals surface area contributed by atoms with Crippen LogP contribution in [-0.2, 0) is 4.74 Å².